The Morgan fingerprint density at radius 2 is 2.09 bits per heavy atom. The lowest BCUT2D eigenvalue weighted by Gasteiger charge is -2.10. The van der Waals surface area contributed by atoms with E-state index in [1.807, 2.05) is 24.3 Å². The van der Waals surface area contributed by atoms with Crippen molar-refractivity contribution < 1.29 is 9.29 Å². The van der Waals surface area contributed by atoms with E-state index in [4.69, 9.17) is 9.29 Å². The van der Waals surface area contributed by atoms with Gasteiger partial charge in [0.15, 0.2) is 5.09 Å². The van der Waals surface area contributed by atoms with E-state index in [1.165, 1.54) is 0 Å². The number of rotatable bonds is 0. The molecule has 0 saturated heterocycles. The average Bonchev–Trinajstić information content (AvgIpc) is 2.04. The third-order valence-electron chi connectivity index (χ3n) is 1.41. The molecule has 3 heteroatoms. The molecule has 1 aliphatic rings. The van der Waals surface area contributed by atoms with E-state index in [2.05, 4.69) is 0 Å². The summed E-state index contributed by atoms with van der Waals surface area (Å²) in [5, 5.41) is 9.25. The second-order valence-electron chi connectivity index (χ2n) is 2.19. The van der Waals surface area contributed by atoms with Crippen molar-refractivity contribution in [2.75, 3.05) is 0 Å². The van der Waals surface area contributed by atoms with Gasteiger partial charge < -0.3 is 9.29 Å². The zero-order valence-electron chi connectivity index (χ0n) is 5.65. The number of benzene rings is 1. The van der Waals surface area contributed by atoms with Gasteiger partial charge in [-0.25, -0.2) is 0 Å². The lowest BCUT2D eigenvalue weighted by Crippen LogP contribution is -1.92. The van der Waals surface area contributed by atoms with Crippen LogP contribution in [0.3, 0.4) is 0 Å². The molecule has 1 aromatic rings. The van der Waals surface area contributed by atoms with E-state index in [0.717, 1.165) is 23.4 Å². The highest BCUT2D eigenvalue weighted by atomic mass is 32.2. The van der Waals surface area contributed by atoms with Crippen molar-refractivity contribution in [3.05, 3.63) is 34.9 Å². The van der Waals surface area contributed by atoms with Crippen LogP contribution in [0, 0.1) is 0 Å². The van der Waals surface area contributed by atoms with Crippen molar-refractivity contribution in [1.82, 2.24) is 0 Å². The summed E-state index contributed by atoms with van der Waals surface area (Å²) in [4.78, 5) is 0. The van der Waals surface area contributed by atoms with E-state index < -0.39 is 0 Å². The largest absolute Gasteiger partial charge is 0.500 e. The maximum atomic E-state index is 9.06. The fourth-order valence-corrected chi connectivity index (χ4v) is 1.42. The normalized spacial score (nSPS) is 14.7. The van der Waals surface area contributed by atoms with Crippen LogP contribution in [0.25, 0.3) is 6.08 Å². The molecule has 1 N–H and O–H groups in total. The molecule has 0 radical (unpaired) electrons. The van der Waals surface area contributed by atoms with Gasteiger partial charge in [0.25, 0.3) is 0 Å². The minimum atomic E-state index is 0.198. The van der Waals surface area contributed by atoms with Crippen LogP contribution in [0.1, 0.15) is 5.56 Å². The number of hydrogen-bond acceptors (Lipinski definition) is 3. The fourth-order valence-electron chi connectivity index (χ4n) is 0.920. The van der Waals surface area contributed by atoms with Crippen LogP contribution in [0.4, 0.5) is 0 Å². The van der Waals surface area contributed by atoms with Gasteiger partial charge in [-0.2, -0.15) is 0 Å². The topological polar surface area (TPSA) is 29.5 Å². The van der Waals surface area contributed by atoms with E-state index in [0.29, 0.717) is 0 Å². The Morgan fingerprint density at radius 3 is 3.00 bits per heavy atom. The first-order valence-corrected chi connectivity index (χ1v) is 3.94. The molecule has 0 amide bonds. The van der Waals surface area contributed by atoms with Crippen molar-refractivity contribution in [2.45, 2.75) is 0 Å². The molecule has 1 aliphatic heterocycles. The standard InChI is InChI=1S/C8H6O2S/c9-8-5-6-3-1-2-4-7(6)10-11-8/h1-5,9H. The van der Waals surface area contributed by atoms with Crippen LogP contribution >= 0.6 is 12.0 Å². The van der Waals surface area contributed by atoms with Crippen LogP contribution < -0.4 is 4.18 Å². The van der Waals surface area contributed by atoms with Gasteiger partial charge in [0.2, 0.25) is 0 Å². The highest BCUT2D eigenvalue weighted by molar-refractivity contribution is 7.98. The minimum Gasteiger partial charge on any atom is -0.500 e. The Bertz CT molecular complexity index is 307. The Balaban J connectivity index is 2.51. The molecule has 11 heavy (non-hydrogen) atoms. The quantitative estimate of drug-likeness (QED) is 0.601. The Morgan fingerprint density at radius 1 is 1.27 bits per heavy atom. The second-order valence-corrected chi connectivity index (χ2v) is 2.94. The minimum absolute atomic E-state index is 0.198. The van der Waals surface area contributed by atoms with Crippen molar-refractivity contribution in [2.24, 2.45) is 0 Å². The predicted molar refractivity (Wildman–Crippen MR) is 45.3 cm³/mol. The van der Waals surface area contributed by atoms with Crippen LogP contribution in [-0.2, 0) is 0 Å². The summed E-state index contributed by atoms with van der Waals surface area (Å²) < 4.78 is 5.13. The molecule has 0 atom stereocenters. The van der Waals surface area contributed by atoms with E-state index >= 15 is 0 Å². The molecular formula is C8H6O2S. The van der Waals surface area contributed by atoms with Crippen LogP contribution in [0.2, 0.25) is 0 Å². The van der Waals surface area contributed by atoms with Crippen LogP contribution in [0.15, 0.2) is 29.4 Å². The maximum absolute atomic E-state index is 9.06. The Labute approximate surface area is 68.7 Å². The second kappa shape index (κ2) is 2.51. The zero-order chi connectivity index (χ0) is 7.68. The summed E-state index contributed by atoms with van der Waals surface area (Å²) in [6, 6.07) is 7.56. The molecule has 0 bridgehead atoms. The Hall–Kier alpha value is -1.09. The summed E-state index contributed by atoms with van der Waals surface area (Å²) in [7, 11) is 0. The molecule has 1 aromatic carbocycles. The molecule has 0 unspecified atom stereocenters. The SMILES string of the molecule is OC1=Cc2ccccc2OS1. The predicted octanol–water partition coefficient (Wildman–Crippen LogP) is 2.58. The molecular weight excluding hydrogens is 160 g/mol. The third-order valence-corrected chi connectivity index (χ3v) is 1.97. The van der Waals surface area contributed by atoms with Crippen molar-refractivity contribution in [1.29, 1.82) is 0 Å². The highest BCUT2D eigenvalue weighted by Crippen LogP contribution is 2.32. The summed E-state index contributed by atoms with van der Waals surface area (Å²) in [6.07, 6.45) is 1.68. The number of hydrogen-bond donors (Lipinski definition) is 1. The first kappa shape index (κ1) is 6.61. The molecule has 0 aromatic heterocycles. The number of para-hydroxylation sites is 1. The van der Waals surface area contributed by atoms with Crippen LogP contribution in [-0.4, -0.2) is 5.11 Å². The average molecular weight is 166 g/mol. The molecule has 2 rings (SSSR count). The van der Waals surface area contributed by atoms with Gasteiger partial charge >= 0.3 is 0 Å². The monoisotopic (exact) mass is 166 g/mol. The molecule has 2 nitrogen and oxygen atoms in total. The lowest BCUT2D eigenvalue weighted by molar-refractivity contribution is 0.450. The van der Waals surface area contributed by atoms with Crippen molar-refractivity contribution in [3.8, 4) is 5.75 Å². The van der Waals surface area contributed by atoms with E-state index in [-0.39, 0.29) is 5.09 Å². The molecule has 56 valence electrons. The number of aliphatic hydroxyl groups excluding tert-OH is 1. The van der Waals surface area contributed by atoms with Gasteiger partial charge in [-0.1, -0.05) is 18.2 Å². The van der Waals surface area contributed by atoms with E-state index in [1.54, 1.807) is 6.08 Å². The smallest absolute Gasteiger partial charge is 0.190 e. The van der Waals surface area contributed by atoms with Gasteiger partial charge in [0.1, 0.15) is 17.8 Å². The van der Waals surface area contributed by atoms with Crippen molar-refractivity contribution in [3.63, 3.8) is 0 Å². The van der Waals surface area contributed by atoms with Gasteiger partial charge in [-0.15, -0.1) is 0 Å². The Kier molecular flexibility index (Phi) is 1.51. The summed E-state index contributed by atoms with van der Waals surface area (Å²) >= 11 is 0.977. The van der Waals surface area contributed by atoms with Gasteiger partial charge in [-0.05, 0) is 6.07 Å². The third kappa shape index (κ3) is 1.19. The molecule has 1 heterocycles. The van der Waals surface area contributed by atoms with Gasteiger partial charge in [0.05, 0.1) is 0 Å². The molecule has 0 fully saturated rings. The molecule has 0 spiro atoms. The van der Waals surface area contributed by atoms with Crippen LogP contribution in [0.5, 0.6) is 5.75 Å². The van der Waals surface area contributed by atoms with Gasteiger partial charge in [0, 0.05) is 11.6 Å². The molecule has 0 aliphatic carbocycles. The molecule has 0 saturated carbocycles. The summed E-state index contributed by atoms with van der Waals surface area (Å²) in [6.45, 7) is 0. The highest BCUT2D eigenvalue weighted by Gasteiger charge is 2.09. The fraction of sp³-hybridized carbons (Fsp3) is 0. The number of fused-ring (bicyclic) bond motifs is 1. The van der Waals surface area contributed by atoms with Gasteiger partial charge in [-0.3, -0.25) is 0 Å². The van der Waals surface area contributed by atoms with E-state index in [9.17, 15) is 0 Å². The van der Waals surface area contributed by atoms with Crippen molar-refractivity contribution >= 4 is 18.1 Å². The first-order chi connectivity index (χ1) is 5.36. The zero-order valence-corrected chi connectivity index (χ0v) is 6.47. The maximum Gasteiger partial charge on any atom is 0.190 e. The number of aliphatic hydroxyl groups is 1. The lowest BCUT2D eigenvalue weighted by atomic mass is 10.2. The summed E-state index contributed by atoms with van der Waals surface area (Å²) in [5.41, 5.74) is 0.920. The summed E-state index contributed by atoms with van der Waals surface area (Å²) in [5.74, 6) is 0.801. The first-order valence-electron chi connectivity index (χ1n) is 3.20.